The Kier molecular flexibility index (Phi) is 3.04. The third kappa shape index (κ3) is 2.58. The van der Waals surface area contributed by atoms with Gasteiger partial charge in [-0.3, -0.25) is 4.68 Å². The van der Waals surface area contributed by atoms with Crippen molar-refractivity contribution in [1.82, 2.24) is 9.78 Å². The summed E-state index contributed by atoms with van der Waals surface area (Å²) in [4.78, 5) is 0. The van der Waals surface area contributed by atoms with Gasteiger partial charge >= 0.3 is 0 Å². The quantitative estimate of drug-likeness (QED) is 0.853. The Morgan fingerprint density at radius 3 is 2.76 bits per heavy atom. The van der Waals surface area contributed by atoms with Crippen molar-refractivity contribution >= 4 is 5.69 Å². The minimum absolute atomic E-state index is 0.158. The number of aromatic hydroxyl groups is 1. The lowest BCUT2D eigenvalue weighted by Crippen LogP contribution is -2.05. The Hall–Kier alpha value is -1.97. The van der Waals surface area contributed by atoms with Gasteiger partial charge in [-0.1, -0.05) is 6.07 Å². The summed E-state index contributed by atoms with van der Waals surface area (Å²) in [5, 5.41) is 17.1. The molecular weight excluding hydrogens is 214 g/mol. The number of anilines is 1. The zero-order valence-electron chi connectivity index (χ0n) is 10.3. The van der Waals surface area contributed by atoms with E-state index >= 15 is 0 Å². The minimum atomic E-state index is 0.158. The summed E-state index contributed by atoms with van der Waals surface area (Å²) in [6, 6.07) is 5.75. The average molecular weight is 231 g/mol. The van der Waals surface area contributed by atoms with Gasteiger partial charge in [0, 0.05) is 30.6 Å². The van der Waals surface area contributed by atoms with E-state index < -0.39 is 0 Å². The second-order valence-corrected chi connectivity index (χ2v) is 4.31. The summed E-state index contributed by atoms with van der Waals surface area (Å²) in [5.74, 6) is 0.313. The predicted molar refractivity (Wildman–Crippen MR) is 68.1 cm³/mol. The van der Waals surface area contributed by atoms with Crippen LogP contribution in [0.25, 0.3) is 0 Å². The Bertz CT molecular complexity index is 519. The lowest BCUT2D eigenvalue weighted by molar-refractivity contribution is 0.471. The van der Waals surface area contributed by atoms with Crippen molar-refractivity contribution in [1.29, 1.82) is 0 Å². The molecule has 1 heterocycles. The van der Waals surface area contributed by atoms with Crippen molar-refractivity contribution in [2.75, 3.05) is 5.32 Å². The van der Waals surface area contributed by atoms with Gasteiger partial charge in [0.2, 0.25) is 0 Å². The molecule has 2 aromatic rings. The Labute approximate surface area is 101 Å². The van der Waals surface area contributed by atoms with E-state index in [1.807, 2.05) is 38.5 Å². The largest absolute Gasteiger partial charge is 0.508 e. The van der Waals surface area contributed by atoms with Crippen molar-refractivity contribution in [2.45, 2.75) is 19.9 Å². The van der Waals surface area contributed by atoms with E-state index in [2.05, 4.69) is 17.3 Å². The SMILES string of the molecule is Cc1ccc(NC(C)c2cnn(C)c2)cc1O. The van der Waals surface area contributed by atoms with Crippen LogP contribution < -0.4 is 5.32 Å². The Balaban J connectivity index is 2.12. The maximum atomic E-state index is 9.63. The molecule has 1 aromatic heterocycles. The summed E-state index contributed by atoms with van der Waals surface area (Å²) in [5.41, 5.74) is 2.90. The first-order valence-electron chi connectivity index (χ1n) is 5.61. The van der Waals surface area contributed by atoms with Gasteiger partial charge in [-0.05, 0) is 25.5 Å². The third-order valence-electron chi connectivity index (χ3n) is 2.82. The fourth-order valence-electron chi connectivity index (χ4n) is 1.70. The molecule has 4 nitrogen and oxygen atoms in total. The number of nitrogens with zero attached hydrogens (tertiary/aromatic N) is 2. The van der Waals surface area contributed by atoms with Crippen LogP contribution in [0.2, 0.25) is 0 Å². The van der Waals surface area contributed by atoms with Crippen LogP contribution in [0, 0.1) is 6.92 Å². The topological polar surface area (TPSA) is 50.1 Å². The average Bonchev–Trinajstić information content (AvgIpc) is 2.70. The molecule has 0 spiro atoms. The lowest BCUT2D eigenvalue weighted by Gasteiger charge is -2.14. The maximum absolute atomic E-state index is 9.63. The molecule has 0 saturated heterocycles. The number of rotatable bonds is 3. The standard InChI is InChI=1S/C13H17N3O/c1-9-4-5-12(6-13(9)17)15-10(2)11-7-14-16(3)8-11/h4-8,10,15,17H,1-3H3. The summed E-state index contributed by atoms with van der Waals surface area (Å²) in [6.45, 7) is 3.94. The number of hydrogen-bond acceptors (Lipinski definition) is 3. The van der Waals surface area contributed by atoms with Crippen molar-refractivity contribution < 1.29 is 5.11 Å². The van der Waals surface area contributed by atoms with Crippen LogP contribution >= 0.6 is 0 Å². The van der Waals surface area contributed by atoms with Gasteiger partial charge in [0.15, 0.2) is 0 Å². The number of aryl methyl sites for hydroxylation is 2. The normalized spacial score (nSPS) is 12.4. The van der Waals surface area contributed by atoms with E-state index in [1.165, 1.54) is 0 Å². The first kappa shape index (κ1) is 11.5. The molecule has 90 valence electrons. The van der Waals surface area contributed by atoms with E-state index in [0.29, 0.717) is 5.75 Å². The van der Waals surface area contributed by atoms with Gasteiger partial charge in [0.05, 0.1) is 12.2 Å². The molecule has 2 N–H and O–H groups in total. The Morgan fingerprint density at radius 2 is 2.18 bits per heavy atom. The molecule has 2 rings (SSSR count). The highest BCUT2D eigenvalue weighted by Gasteiger charge is 2.07. The molecule has 4 heteroatoms. The van der Waals surface area contributed by atoms with Crippen molar-refractivity contribution in [3.05, 3.63) is 41.7 Å². The third-order valence-corrected chi connectivity index (χ3v) is 2.82. The van der Waals surface area contributed by atoms with Crippen LogP contribution in [-0.4, -0.2) is 14.9 Å². The van der Waals surface area contributed by atoms with Gasteiger partial charge in [0.25, 0.3) is 0 Å². The minimum Gasteiger partial charge on any atom is -0.508 e. The van der Waals surface area contributed by atoms with Gasteiger partial charge < -0.3 is 10.4 Å². The van der Waals surface area contributed by atoms with Gasteiger partial charge in [-0.25, -0.2) is 0 Å². The zero-order chi connectivity index (χ0) is 12.4. The van der Waals surface area contributed by atoms with Crippen LogP contribution in [0.15, 0.2) is 30.6 Å². The van der Waals surface area contributed by atoms with Crippen molar-refractivity contribution in [2.24, 2.45) is 7.05 Å². The van der Waals surface area contributed by atoms with E-state index in [9.17, 15) is 5.11 Å². The van der Waals surface area contributed by atoms with Crippen molar-refractivity contribution in [3.63, 3.8) is 0 Å². The molecule has 0 fully saturated rings. The molecule has 17 heavy (non-hydrogen) atoms. The molecule has 1 unspecified atom stereocenters. The monoisotopic (exact) mass is 231 g/mol. The van der Waals surface area contributed by atoms with E-state index in [0.717, 1.165) is 16.8 Å². The molecule has 0 aliphatic carbocycles. The van der Waals surface area contributed by atoms with Gasteiger partial charge in [0.1, 0.15) is 5.75 Å². The fourth-order valence-corrected chi connectivity index (χ4v) is 1.70. The summed E-state index contributed by atoms with van der Waals surface area (Å²) < 4.78 is 1.78. The predicted octanol–water partition coefficient (Wildman–Crippen LogP) is 2.61. The van der Waals surface area contributed by atoms with E-state index in [-0.39, 0.29) is 6.04 Å². The first-order chi connectivity index (χ1) is 8.06. The molecule has 0 radical (unpaired) electrons. The number of aromatic nitrogens is 2. The highest BCUT2D eigenvalue weighted by molar-refractivity contribution is 5.52. The summed E-state index contributed by atoms with van der Waals surface area (Å²) in [7, 11) is 1.90. The molecule has 0 aliphatic heterocycles. The second-order valence-electron chi connectivity index (χ2n) is 4.31. The van der Waals surface area contributed by atoms with Crippen LogP contribution in [0.1, 0.15) is 24.1 Å². The van der Waals surface area contributed by atoms with Gasteiger partial charge in [-0.2, -0.15) is 5.10 Å². The highest BCUT2D eigenvalue weighted by Crippen LogP contribution is 2.24. The first-order valence-corrected chi connectivity index (χ1v) is 5.61. The number of hydrogen-bond donors (Lipinski definition) is 2. The molecule has 0 amide bonds. The Morgan fingerprint density at radius 1 is 1.41 bits per heavy atom. The number of phenols is 1. The molecule has 0 bridgehead atoms. The number of benzene rings is 1. The summed E-state index contributed by atoms with van der Waals surface area (Å²) in [6.07, 6.45) is 3.82. The number of phenolic OH excluding ortho intramolecular Hbond substituents is 1. The molecule has 1 atom stereocenters. The fraction of sp³-hybridized carbons (Fsp3) is 0.308. The van der Waals surface area contributed by atoms with Crippen LogP contribution in [0.3, 0.4) is 0 Å². The smallest absolute Gasteiger partial charge is 0.120 e. The van der Waals surface area contributed by atoms with Crippen LogP contribution in [-0.2, 0) is 7.05 Å². The van der Waals surface area contributed by atoms with Crippen LogP contribution in [0.4, 0.5) is 5.69 Å². The van der Waals surface area contributed by atoms with Crippen molar-refractivity contribution in [3.8, 4) is 5.75 Å². The van der Waals surface area contributed by atoms with Crippen LogP contribution in [0.5, 0.6) is 5.75 Å². The highest BCUT2D eigenvalue weighted by atomic mass is 16.3. The van der Waals surface area contributed by atoms with Gasteiger partial charge in [-0.15, -0.1) is 0 Å². The van der Waals surface area contributed by atoms with E-state index in [1.54, 1.807) is 10.7 Å². The zero-order valence-corrected chi connectivity index (χ0v) is 10.3. The van der Waals surface area contributed by atoms with E-state index in [4.69, 9.17) is 0 Å². The molecule has 1 aromatic carbocycles. The number of nitrogens with one attached hydrogen (secondary N) is 1. The summed E-state index contributed by atoms with van der Waals surface area (Å²) >= 11 is 0. The molecular formula is C13H17N3O. The maximum Gasteiger partial charge on any atom is 0.120 e. The molecule has 0 saturated carbocycles. The second kappa shape index (κ2) is 4.49. The lowest BCUT2D eigenvalue weighted by atomic mass is 10.1. The molecule has 0 aliphatic rings.